The number of hydrogen-bond donors (Lipinski definition) is 0. The molecule has 0 heterocycles. The minimum atomic E-state index is 0.0438. The molecule has 0 unspecified atom stereocenters. The minimum Gasteiger partial charge on any atom is -0.497 e. The van der Waals surface area contributed by atoms with Crippen LogP contribution in [0, 0.1) is 6.92 Å². The van der Waals surface area contributed by atoms with E-state index >= 15 is 0 Å². The summed E-state index contributed by atoms with van der Waals surface area (Å²) in [6.07, 6.45) is 0. The van der Waals surface area contributed by atoms with Gasteiger partial charge in [0.15, 0.2) is 5.78 Å². The predicted octanol–water partition coefficient (Wildman–Crippen LogP) is 3.87. The molecule has 0 radical (unpaired) electrons. The Morgan fingerprint density at radius 2 is 1.67 bits per heavy atom. The Morgan fingerprint density at radius 3 is 2.22 bits per heavy atom. The van der Waals surface area contributed by atoms with Gasteiger partial charge < -0.3 is 4.74 Å². The zero-order valence-electron chi connectivity index (χ0n) is 10.9. The van der Waals surface area contributed by atoms with Crippen molar-refractivity contribution < 1.29 is 9.53 Å². The van der Waals surface area contributed by atoms with Crippen molar-refractivity contribution in [2.24, 2.45) is 0 Å². The van der Waals surface area contributed by atoms with Crippen LogP contribution >= 0.6 is 0 Å². The molecule has 0 spiro atoms. The molecule has 0 amide bonds. The fourth-order valence-corrected chi connectivity index (χ4v) is 1.83. The van der Waals surface area contributed by atoms with Crippen molar-refractivity contribution in [1.29, 1.82) is 0 Å². The Kier molecular flexibility index (Phi) is 3.47. The zero-order valence-corrected chi connectivity index (χ0v) is 10.9. The molecule has 2 aromatic rings. The van der Waals surface area contributed by atoms with Gasteiger partial charge in [-0.3, -0.25) is 4.79 Å². The molecule has 0 bridgehead atoms. The number of rotatable bonds is 3. The van der Waals surface area contributed by atoms with Crippen molar-refractivity contribution in [3.63, 3.8) is 0 Å². The molecule has 0 saturated heterocycles. The highest BCUT2D eigenvalue weighted by molar-refractivity contribution is 5.95. The van der Waals surface area contributed by atoms with E-state index in [0.717, 1.165) is 11.1 Å². The van der Waals surface area contributed by atoms with Crippen LogP contribution in [0.2, 0.25) is 0 Å². The van der Waals surface area contributed by atoms with Crippen LogP contribution in [0.5, 0.6) is 5.75 Å². The predicted molar refractivity (Wildman–Crippen MR) is 73.2 cm³/mol. The highest BCUT2D eigenvalue weighted by Gasteiger charge is 2.06. The van der Waals surface area contributed by atoms with E-state index in [1.165, 1.54) is 5.56 Å². The molecule has 0 aromatic heterocycles. The van der Waals surface area contributed by atoms with Gasteiger partial charge in [0.25, 0.3) is 0 Å². The maximum atomic E-state index is 11.5. The third kappa shape index (κ3) is 2.59. The Bertz CT molecular complexity index is 568. The lowest BCUT2D eigenvalue weighted by atomic mass is 10.0. The molecule has 0 aliphatic carbocycles. The number of hydrogen-bond acceptors (Lipinski definition) is 2. The maximum Gasteiger partial charge on any atom is 0.159 e. The average molecular weight is 240 g/mol. The minimum absolute atomic E-state index is 0.0438. The topological polar surface area (TPSA) is 26.3 Å². The summed E-state index contributed by atoms with van der Waals surface area (Å²) in [4.78, 5) is 11.5. The van der Waals surface area contributed by atoms with Crippen LogP contribution in [0.1, 0.15) is 22.8 Å². The number of methoxy groups -OCH3 is 1. The third-order valence-corrected chi connectivity index (χ3v) is 2.93. The van der Waals surface area contributed by atoms with Gasteiger partial charge in [0.05, 0.1) is 7.11 Å². The lowest BCUT2D eigenvalue weighted by molar-refractivity contribution is 0.101. The highest BCUT2D eigenvalue weighted by atomic mass is 16.5. The van der Waals surface area contributed by atoms with Gasteiger partial charge in [-0.05, 0) is 43.2 Å². The second kappa shape index (κ2) is 5.05. The Morgan fingerprint density at radius 1 is 1.00 bits per heavy atom. The van der Waals surface area contributed by atoms with E-state index < -0.39 is 0 Å². The smallest absolute Gasteiger partial charge is 0.159 e. The summed E-state index contributed by atoms with van der Waals surface area (Å²) in [5.74, 6) is 0.750. The first-order valence-electron chi connectivity index (χ1n) is 5.87. The van der Waals surface area contributed by atoms with Crippen LogP contribution in [0.4, 0.5) is 0 Å². The second-order valence-corrected chi connectivity index (χ2v) is 4.37. The van der Waals surface area contributed by atoms with Crippen LogP contribution in [0.15, 0.2) is 42.5 Å². The molecule has 2 nitrogen and oxygen atoms in total. The Hall–Kier alpha value is -2.09. The van der Waals surface area contributed by atoms with Crippen molar-refractivity contribution in [1.82, 2.24) is 0 Å². The van der Waals surface area contributed by atoms with Crippen LogP contribution in [0.3, 0.4) is 0 Å². The summed E-state index contributed by atoms with van der Waals surface area (Å²) in [6.45, 7) is 3.62. The quantitative estimate of drug-likeness (QED) is 0.761. The molecule has 0 saturated carbocycles. The van der Waals surface area contributed by atoms with Gasteiger partial charge in [-0.2, -0.15) is 0 Å². The summed E-state index contributed by atoms with van der Waals surface area (Å²) >= 11 is 0. The van der Waals surface area contributed by atoms with Gasteiger partial charge in [-0.25, -0.2) is 0 Å². The van der Waals surface area contributed by atoms with Crippen molar-refractivity contribution >= 4 is 5.78 Å². The Labute approximate surface area is 107 Å². The number of ketones is 1. The average Bonchev–Trinajstić information content (AvgIpc) is 2.39. The van der Waals surface area contributed by atoms with E-state index in [9.17, 15) is 4.79 Å². The first-order chi connectivity index (χ1) is 8.60. The lowest BCUT2D eigenvalue weighted by Gasteiger charge is -2.08. The summed E-state index contributed by atoms with van der Waals surface area (Å²) in [5.41, 5.74) is 3.97. The summed E-state index contributed by atoms with van der Waals surface area (Å²) in [7, 11) is 1.61. The normalized spacial score (nSPS) is 10.2. The second-order valence-electron chi connectivity index (χ2n) is 4.37. The Balaban J connectivity index is 2.52. The number of ether oxygens (including phenoxy) is 1. The van der Waals surface area contributed by atoms with Crippen LogP contribution in [-0.4, -0.2) is 12.9 Å². The molecule has 0 atom stereocenters. The first-order valence-corrected chi connectivity index (χ1v) is 5.87. The van der Waals surface area contributed by atoms with E-state index in [2.05, 4.69) is 19.1 Å². The van der Waals surface area contributed by atoms with Gasteiger partial charge in [0, 0.05) is 5.56 Å². The number of carbonyl (C=O) groups excluding carboxylic acids is 1. The number of aryl methyl sites for hydroxylation is 1. The summed E-state index contributed by atoms with van der Waals surface area (Å²) in [5, 5.41) is 0. The van der Waals surface area contributed by atoms with Crippen molar-refractivity contribution in [3.05, 3.63) is 53.6 Å². The largest absolute Gasteiger partial charge is 0.497 e. The molecule has 0 aliphatic heterocycles. The molecular formula is C16H16O2. The van der Waals surface area contributed by atoms with E-state index in [1.54, 1.807) is 20.1 Å². The molecule has 18 heavy (non-hydrogen) atoms. The standard InChI is InChI=1S/C16H16O2/c1-11-4-6-13(7-5-11)15-8-14(12(2)17)9-16(10-15)18-3/h4-10H,1-3H3. The fraction of sp³-hybridized carbons (Fsp3) is 0.188. The van der Waals surface area contributed by atoms with Crippen LogP contribution in [-0.2, 0) is 0 Å². The van der Waals surface area contributed by atoms with E-state index in [4.69, 9.17) is 4.74 Å². The van der Waals surface area contributed by atoms with Crippen LogP contribution < -0.4 is 4.74 Å². The molecular weight excluding hydrogens is 224 g/mol. The number of carbonyl (C=O) groups is 1. The summed E-state index contributed by atoms with van der Waals surface area (Å²) in [6, 6.07) is 13.8. The molecule has 2 heteroatoms. The highest BCUT2D eigenvalue weighted by Crippen LogP contribution is 2.26. The van der Waals surface area contributed by atoms with Gasteiger partial charge in [-0.15, -0.1) is 0 Å². The van der Waals surface area contributed by atoms with Crippen molar-refractivity contribution in [2.75, 3.05) is 7.11 Å². The molecule has 2 aromatic carbocycles. The van der Waals surface area contributed by atoms with Crippen LogP contribution in [0.25, 0.3) is 11.1 Å². The van der Waals surface area contributed by atoms with Gasteiger partial charge in [-0.1, -0.05) is 29.8 Å². The molecule has 0 aliphatic rings. The van der Waals surface area contributed by atoms with Gasteiger partial charge in [0.2, 0.25) is 0 Å². The van der Waals surface area contributed by atoms with E-state index in [0.29, 0.717) is 11.3 Å². The third-order valence-electron chi connectivity index (χ3n) is 2.93. The number of benzene rings is 2. The molecule has 0 N–H and O–H groups in total. The fourth-order valence-electron chi connectivity index (χ4n) is 1.83. The maximum absolute atomic E-state index is 11.5. The molecule has 92 valence electrons. The lowest BCUT2D eigenvalue weighted by Crippen LogP contribution is -1.94. The monoisotopic (exact) mass is 240 g/mol. The van der Waals surface area contributed by atoms with Crippen molar-refractivity contribution in [2.45, 2.75) is 13.8 Å². The van der Waals surface area contributed by atoms with Gasteiger partial charge >= 0.3 is 0 Å². The SMILES string of the molecule is COc1cc(C(C)=O)cc(-c2ccc(C)cc2)c1. The van der Waals surface area contributed by atoms with Gasteiger partial charge in [0.1, 0.15) is 5.75 Å². The van der Waals surface area contributed by atoms with E-state index in [1.807, 2.05) is 24.3 Å². The first kappa shape index (κ1) is 12.4. The van der Waals surface area contributed by atoms with Crippen molar-refractivity contribution in [3.8, 4) is 16.9 Å². The zero-order chi connectivity index (χ0) is 13.1. The summed E-state index contributed by atoms with van der Waals surface area (Å²) < 4.78 is 5.24. The van der Waals surface area contributed by atoms with E-state index in [-0.39, 0.29) is 5.78 Å². The molecule has 2 rings (SSSR count). The molecule has 0 fully saturated rings. The number of Topliss-reactive ketones (excluding diaryl/α,β-unsaturated/α-hetero) is 1.